The Morgan fingerprint density at radius 3 is 2.89 bits per heavy atom. The molecule has 1 aromatic carbocycles. The van der Waals surface area contributed by atoms with E-state index in [0.717, 1.165) is 5.56 Å². The molecular weight excluding hydrogens is 312 g/mol. The lowest BCUT2D eigenvalue weighted by Gasteiger charge is -2.04. The fraction of sp³-hybridized carbons (Fsp3) is 0.250. The molecule has 0 amide bonds. The number of hydrogen-bond donors (Lipinski definition) is 1. The van der Waals surface area contributed by atoms with E-state index in [-0.39, 0.29) is 11.7 Å². The van der Waals surface area contributed by atoms with Crippen molar-refractivity contribution < 1.29 is 4.92 Å². The highest BCUT2D eigenvalue weighted by molar-refractivity contribution is 9.10. The normalized spacial score (nSPS) is 12.4. The van der Waals surface area contributed by atoms with Crippen LogP contribution in [-0.4, -0.2) is 14.7 Å². The van der Waals surface area contributed by atoms with Crippen LogP contribution in [0, 0.1) is 10.1 Å². The number of aromatic nitrogens is 2. The average Bonchev–Trinajstić information content (AvgIpc) is 2.80. The van der Waals surface area contributed by atoms with Gasteiger partial charge in [-0.15, -0.1) is 0 Å². The number of halogens is 1. The molecule has 1 heterocycles. The Balaban J connectivity index is 2.29. The second kappa shape index (κ2) is 5.50. The van der Waals surface area contributed by atoms with Gasteiger partial charge in [-0.25, -0.2) is 0 Å². The maximum atomic E-state index is 11.0. The lowest BCUT2D eigenvalue weighted by atomic mass is 10.2. The molecular formula is C12H13BrN4O2. The quantitative estimate of drug-likeness (QED) is 0.691. The molecule has 100 valence electrons. The number of nitro groups is 1. The topological polar surface area (TPSA) is 87.0 Å². The molecule has 1 atom stereocenters. The first-order valence-electron chi connectivity index (χ1n) is 5.68. The predicted molar refractivity (Wildman–Crippen MR) is 74.7 cm³/mol. The second-order valence-electron chi connectivity index (χ2n) is 4.29. The molecule has 0 saturated heterocycles. The third-order valence-electron chi connectivity index (χ3n) is 2.76. The maximum Gasteiger partial charge on any atom is 0.275 e. The molecule has 0 fully saturated rings. The van der Waals surface area contributed by atoms with Gasteiger partial charge < -0.3 is 5.73 Å². The molecule has 7 heteroatoms. The van der Waals surface area contributed by atoms with Gasteiger partial charge in [0.05, 0.1) is 23.2 Å². The van der Waals surface area contributed by atoms with Crippen LogP contribution in [0.4, 0.5) is 5.69 Å². The van der Waals surface area contributed by atoms with Crippen molar-refractivity contribution in [3.05, 3.63) is 56.3 Å². The Labute approximate surface area is 118 Å². The van der Waals surface area contributed by atoms with Gasteiger partial charge in [-0.2, -0.15) is 5.10 Å². The zero-order valence-electron chi connectivity index (χ0n) is 10.3. The molecule has 0 radical (unpaired) electrons. The van der Waals surface area contributed by atoms with Gasteiger partial charge in [-0.3, -0.25) is 14.8 Å². The highest BCUT2D eigenvalue weighted by atomic mass is 79.9. The molecule has 0 aliphatic heterocycles. The summed E-state index contributed by atoms with van der Waals surface area (Å²) >= 11 is 3.23. The first-order valence-corrected chi connectivity index (χ1v) is 6.47. The van der Waals surface area contributed by atoms with Crippen LogP contribution in [-0.2, 0) is 6.54 Å². The van der Waals surface area contributed by atoms with Gasteiger partial charge in [0.25, 0.3) is 5.69 Å². The molecule has 0 saturated carbocycles. The van der Waals surface area contributed by atoms with E-state index in [9.17, 15) is 10.1 Å². The third-order valence-corrected chi connectivity index (χ3v) is 3.25. The Kier molecular flexibility index (Phi) is 3.96. The molecule has 2 aromatic rings. The lowest BCUT2D eigenvalue weighted by Crippen LogP contribution is -2.05. The number of nitrogens with zero attached hydrogens (tertiary/aromatic N) is 3. The molecule has 0 aliphatic carbocycles. The van der Waals surface area contributed by atoms with Gasteiger partial charge in [-0.1, -0.05) is 15.9 Å². The van der Waals surface area contributed by atoms with Gasteiger partial charge in [0.2, 0.25) is 0 Å². The molecule has 0 aliphatic rings. The van der Waals surface area contributed by atoms with Crippen LogP contribution in [0.1, 0.15) is 24.1 Å². The van der Waals surface area contributed by atoms with E-state index in [2.05, 4.69) is 21.0 Å². The zero-order chi connectivity index (χ0) is 14.0. The Morgan fingerprint density at radius 1 is 1.58 bits per heavy atom. The lowest BCUT2D eigenvalue weighted by molar-refractivity contribution is -0.385. The van der Waals surface area contributed by atoms with Crippen molar-refractivity contribution in [3.63, 3.8) is 0 Å². The first-order chi connectivity index (χ1) is 8.97. The van der Waals surface area contributed by atoms with Gasteiger partial charge in [0, 0.05) is 28.3 Å². The van der Waals surface area contributed by atoms with Crippen LogP contribution in [0.3, 0.4) is 0 Å². The summed E-state index contributed by atoms with van der Waals surface area (Å²) in [5.74, 6) is 0. The molecule has 0 spiro atoms. The summed E-state index contributed by atoms with van der Waals surface area (Å²) in [6.07, 6.45) is 3.48. The summed E-state index contributed by atoms with van der Waals surface area (Å²) in [5.41, 5.74) is 7.33. The van der Waals surface area contributed by atoms with E-state index in [0.29, 0.717) is 16.6 Å². The SMILES string of the molecule is CC(N)c1cnn(Cc2ccc(Br)cc2[N+](=O)[O-])c1. The van der Waals surface area contributed by atoms with Gasteiger partial charge in [-0.05, 0) is 19.1 Å². The van der Waals surface area contributed by atoms with Crippen molar-refractivity contribution in [1.29, 1.82) is 0 Å². The monoisotopic (exact) mass is 324 g/mol. The number of hydrogen-bond acceptors (Lipinski definition) is 4. The summed E-state index contributed by atoms with van der Waals surface area (Å²) in [6.45, 7) is 2.21. The second-order valence-corrected chi connectivity index (χ2v) is 5.21. The largest absolute Gasteiger partial charge is 0.324 e. The minimum atomic E-state index is -0.393. The Morgan fingerprint density at radius 2 is 2.32 bits per heavy atom. The van der Waals surface area contributed by atoms with Crippen LogP contribution < -0.4 is 5.73 Å². The Hall–Kier alpha value is -1.73. The fourth-order valence-electron chi connectivity index (χ4n) is 1.72. The van der Waals surface area contributed by atoms with E-state index in [4.69, 9.17) is 5.73 Å². The summed E-state index contributed by atoms with van der Waals surface area (Å²) < 4.78 is 2.33. The van der Waals surface area contributed by atoms with Crippen LogP contribution in [0.15, 0.2) is 35.1 Å². The minimum absolute atomic E-state index is 0.0761. The third kappa shape index (κ3) is 3.18. The van der Waals surface area contributed by atoms with E-state index in [1.165, 1.54) is 6.07 Å². The molecule has 2 N–H and O–H groups in total. The fourth-order valence-corrected chi connectivity index (χ4v) is 2.07. The highest BCUT2D eigenvalue weighted by Gasteiger charge is 2.15. The smallest absolute Gasteiger partial charge is 0.275 e. The van der Waals surface area contributed by atoms with Crippen LogP contribution >= 0.6 is 15.9 Å². The average molecular weight is 325 g/mol. The standard InChI is InChI=1S/C12H13BrN4O2/c1-8(14)10-5-15-16(7-10)6-9-2-3-11(13)4-12(9)17(18)19/h2-5,7-8H,6,14H2,1H3. The van der Waals surface area contributed by atoms with Gasteiger partial charge in [0.1, 0.15) is 0 Å². The molecule has 1 unspecified atom stereocenters. The van der Waals surface area contributed by atoms with E-state index < -0.39 is 4.92 Å². The number of benzene rings is 1. The van der Waals surface area contributed by atoms with Crippen molar-refractivity contribution in [2.75, 3.05) is 0 Å². The number of rotatable bonds is 4. The van der Waals surface area contributed by atoms with Crippen molar-refractivity contribution in [3.8, 4) is 0 Å². The van der Waals surface area contributed by atoms with Crippen molar-refractivity contribution in [2.45, 2.75) is 19.5 Å². The minimum Gasteiger partial charge on any atom is -0.324 e. The van der Waals surface area contributed by atoms with Crippen molar-refractivity contribution in [2.24, 2.45) is 5.73 Å². The summed E-state index contributed by atoms with van der Waals surface area (Å²) in [6, 6.07) is 4.88. The Bertz CT molecular complexity index is 610. The van der Waals surface area contributed by atoms with E-state index in [1.807, 2.05) is 6.92 Å². The van der Waals surface area contributed by atoms with Crippen LogP contribution in [0.5, 0.6) is 0 Å². The molecule has 1 aromatic heterocycles. The maximum absolute atomic E-state index is 11.0. The summed E-state index contributed by atoms with van der Waals surface area (Å²) in [7, 11) is 0. The van der Waals surface area contributed by atoms with Crippen molar-refractivity contribution in [1.82, 2.24) is 9.78 Å². The summed E-state index contributed by atoms with van der Waals surface area (Å²) in [5, 5.41) is 15.2. The number of nitro benzene ring substituents is 1. The van der Waals surface area contributed by atoms with Gasteiger partial charge >= 0.3 is 0 Å². The van der Waals surface area contributed by atoms with E-state index in [1.54, 1.807) is 29.2 Å². The van der Waals surface area contributed by atoms with Gasteiger partial charge in [0.15, 0.2) is 0 Å². The van der Waals surface area contributed by atoms with Crippen LogP contribution in [0.2, 0.25) is 0 Å². The molecule has 19 heavy (non-hydrogen) atoms. The molecule has 2 rings (SSSR count). The summed E-state index contributed by atoms with van der Waals surface area (Å²) in [4.78, 5) is 10.6. The molecule has 6 nitrogen and oxygen atoms in total. The van der Waals surface area contributed by atoms with Crippen molar-refractivity contribution >= 4 is 21.6 Å². The highest BCUT2D eigenvalue weighted by Crippen LogP contribution is 2.24. The predicted octanol–water partition coefficient (Wildman–Crippen LogP) is 2.62. The number of nitrogens with two attached hydrogens (primary N) is 1. The van der Waals surface area contributed by atoms with Crippen LogP contribution in [0.25, 0.3) is 0 Å². The first kappa shape index (κ1) is 13.7. The zero-order valence-corrected chi connectivity index (χ0v) is 11.9. The van der Waals surface area contributed by atoms with E-state index >= 15 is 0 Å². The molecule has 0 bridgehead atoms.